The second-order valence-electron chi connectivity index (χ2n) is 4.16. The van der Waals surface area contributed by atoms with E-state index in [0.29, 0.717) is 34.3 Å². The summed E-state index contributed by atoms with van der Waals surface area (Å²) in [7, 11) is 0. The summed E-state index contributed by atoms with van der Waals surface area (Å²) in [5.41, 5.74) is 7.22. The highest BCUT2D eigenvalue weighted by molar-refractivity contribution is 6.33. The van der Waals surface area contributed by atoms with Gasteiger partial charge in [-0.05, 0) is 31.2 Å². The van der Waals surface area contributed by atoms with E-state index in [1.54, 1.807) is 42.5 Å². The van der Waals surface area contributed by atoms with E-state index in [4.69, 9.17) is 22.1 Å². The van der Waals surface area contributed by atoms with E-state index in [9.17, 15) is 4.79 Å². The van der Waals surface area contributed by atoms with Crippen molar-refractivity contribution in [2.75, 3.05) is 17.7 Å². The van der Waals surface area contributed by atoms with Crippen molar-refractivity contribution in [2.45, 2.75) is 6.92 Å². The Labute approximate surface area is 122 Å². The number of rotatable bonds is 4. The molecule has 0 unspecified atom stereocenters. The Morgan fingerprint density at radius 1 is 1.30 bits per heavy atom. The minimum absolute atomic E-state index is 0.286. The Bertz CT molecular complexity index is 629. The van der Waals surface area contributed by atoms with Gasteiger partial charge >= 0.3 is 0 Å². The summed E-state index contributed by atoms with van der Waals surface area (Å²) in [5.74, 6) is 0.281. The maximum absolute atomic E-state index is 12.2. The third-order valence-corrected chi connectivity index (χ3v) is 2.95. The smallest absolute Gasteiger partial charge is 0.255 e. The van der Waals surface area contributed by atoms with Crippen LogP contribution in [0.5, 0.6) is 5.75 Å². The van der Waals surface area contributed by atoms with Gasteiger partial charge < -0.3 is 15.8 Å². The molecule has 2 aromatic carbocycles. The second kappa shape index (κ2) is 6.30. The van der Waals surface area contributed by atoms with Crippen LogP contribution in [-0.4, -0.2) is 12.5 Å². The quantitative estimate of drug-likeness (QED) is 0.846. The number of para-hydroxylation sites is 1. The third-order valence-electron chi connectivity index (χ3n) is 2.62. The summed E-state index contributed by atoms with van der Waals surface area (Å²) in [6.07, 6.45) is 0. The minimum atomic E-state index is -0.286. The standard InChI is InChI=1S/C15H15ClN2O2/c1-2-20-12-8-10(7-11(17)9-12)15(19)18-14-6-4-3-5-13(14)16/h3-9H,2,17H2,1H3,(H,18,19). The third kappa shape index (κ3) is 3.42. The predicted octanol–water partition coefficient (Wildman–Crippen LogP) is 3.57. The molecule has 0 fully saturated rings. The van der Waals surface area contributed by atoms with E-state index in [1.807, 2.05) is 6.92 Å². The van der Waals surface area contributed by atoms with Crippen molar-refractivity contribution in [3.05, 3.63) is 53.1 Å². The molecule has 0 atom stereocenters. The van der Waals surface area contributed by atoms with Crippen LogP contribution >= 0.6 is 11.6 Å². The molecule has 2 rings (SSSR count). The van der Waals surface area contributed by atoms with E-state index < -0.39 is 0 Å². The molecule has 0 aliphatic carbocycles. The van der Waals surface area contributed by atoms with Gasteiger partial charge in [-0.3, -0.25) is 4.79 Å². The Balaban J connectivity index is 2.23. The normalized spacial score (nSPS) is 10.1. The van der Waals surface area contributed by atoms with E-state index >= 15 is 0 Å². The summed E-state index contributed by atoms with van der Waals surface area (Å²) in [4.78, 5) is 12.2. The summed E-state index contributed by atoms with van der Waals surface area (Å²) < 4.78 is 5.37. The van der Waals surface area contributed by atoms with Crippen molar-refractivity contribution >= 4 is 28.9 Å². The fourth-order valence-electron chi connectivity index (χ4n) is 1.76. The van der Waals surface area contributed by atoms with E-state index in [1.165, 1.54) is 0 Å². The number of halogens is 1. The molecule has 5 heteroatoms. The topological polar surface area (TPSA) is 64.3 Å². The van der Waals surface area contributed by atoms with Crippen molar-refractivity contribution < 1.29 is 9.53 Å². The van der Waals surface area contributed by atoms with Crippen LogP contribution < -0.4 is 15.8 Å². The lowest BCUT2D eigenvalue weighted by Crippen LogP contribution is -2.12. The van der Waals surface area contributed by atoms with Gasteiger partial charge in [-0.1, -0.05) is 23.7 Å². The zero-order valence-electron chi connectivity index (χ0n) is 11.0. The lowest BCUT2D eigenvalue weighted by molar-refractivity contribution is 0.102. The molecular formula is C15H15ClN2O2. The number of anilines is 2. The average molecular weight is 291 g/mol. The SMILES string of the molecule is CCOc1cc(N)cc(C(=O)Nc2ccccc2Cl)c1. The molecule has 0 heterocycles. The number of carbonyl (C=O) groups is 1. The summed E-state index contributed by atoms with van der Waals surface area (Å²) in [6, 6.07) is 12.0. The number of carbonyl (C=O) groups excluding carboxylic acids is 1. The van der Waals surface area contributed by atoms with Crippen LogP contribution in [0.2, 0.25) is 5.02 Å². The van der Waals surface area contributed by atoms with Gasteiger partial charge in [0.2, 0.25) is 0 Å². The number of ether oxygens (including phenoxy) is 1. The fraction of sp³-hybridized carbons (Fsp3) is 0.133. The molecule has 3 N–H and O–H groups in total. The van der Waals surface area contributed by atoms with Gasteiger partial charge in [-0.2, -0.15) is 0 Å². The molecule has 0 saturated heterocycles. The molecule has 104 valence electrons. The highest BCUT2D eigenvalue weighted by atomic mass is 35.5. The molecule has 0 aliphatic rings. The molecule has 0 aromatic heterocycles. The lowest BCUT2D eigenvalue weighted by Gasteiger charge is -2.10. The van der Waals surface area contributed by atoms with Gasteiger partial charge in [0.05, 0.1) is 17.3 Å². The maximum atomic E-state index is 12.2. The molecular weight excluding hydrogens is 276 g/mol. The van der Waals surface area contributed by atoms with Crippen molar-refractivity contribution in [1.29, 1.82) is 0 Å². The van der Waals surface area contributed by atoms with E-state index in [2.05, 4.69) is 5.32 Å². The molecule has 1 amide bonds. The summed E-state index contributed by atoms with van der Waals surface area (Å²) in [5, 5.41) is 3.22. The zero-order valence-corrected chi connectivity index (χ0v) is 11.8. The number of nitrogens with two attached hydrogens (primary N) is 1. The number of hydrogen-bond acceptors (Lipinski definition) is 3. The first-order chi connectivity index (χ1) is 9.60. The average Bonchev–Trinajstić information content (AvgIpc) is 2.41. The van der Waals surface area contributed by atoms with Gasteiger partial charge in [-0.25, -0.2) is 0 Å². The monoisotopic (exact) mass is 290 g/mol. The number of amides is 1. The molecule has 0 aliphatic heterocycles. The van der Waals surface area contributed by atoms with Crippen LogP contribution in [0.15, 0.2) is 42.5 Å². The second-order valence-corrected chi connectivity index (χ2v) is 4.56. The first-order valence-corrected chi connectivity index (χ1v) is 6.57. The Kier molecular flexibility index (Phi) is 4.48. The number of nitrogen functional groups attached to an aromatic ring is 1. The van der Waals surface area contributed by atoms with Gasteiger partial charge in [0.15, 0.2) is 0 Å². The van der Waals surface area contributed by atoms with E-state index in [-0.39, 0.29) is 5.91 Å². The van der Waals surface area contributed by atoms with Crippen LogP contribution in [0.3, 0.4) is 0 Å². The maximum Gasteiger partial charge on any atom is 0.255 e. The largest absolute Gasteiger partial charge is 0.494 e. The Morgan fingerprint density at radius 2 is 2.05 bits per heavy atom. The van der Waals surface area contributed by atoms with Crippen LogP contribution in [0.1, 0.15) is 17.3 Å². The predicted molar refractivity (Wildman–Crippen MR) is 81.4 cm³/mol. The number of nitrogens with one attached hydrogen (secondary N) is 1. The van der Waals surface area contributed by atoms with Crippen molar-refractivity contribution in [3.63, 3.8) is 0 Å². The number of hydrogen-bond donors (Lipinski definition) is 2. The van der Waals surface area contributed by atoms with Gasteiger partial charge in [0.25, 0.3) is 5.91 Å². The molecule has 0 bridgehead atoms. The molecule has 2 aromatic rings. The Morgan fingerprint density at radius 3 is 2.75 bits per heavy atom. The van der Waals surface area contributed by atoms with Crippen LogP contribution in [0.25, 0.3) is 0 Å². The van der Waals surface area contributed by atoms with Crippen LogP contribution in [-0.2, 0) is 0 Å². The van der Waals surface area contributed by atoms with Gasteiger partial charge in [-0.15, -0.1) is 0 Å². The molecule has 0 saturated carbocycles. The minimum Gasteiger partial charge on any atom is -0.494 e. The first kappa shape index (κ1) is 14.2. The number of benzene rings is 2. The fourth-order valence-corrected chi connectivity index (χ4v) is 1.94. The van der Waals surface area contributed by atoms with Crippen LogP contribution in [0.4, 0.5) is 11.4 Å². The highest BCUT2D eigenvalue weighted by Gasteiger charge is 2.10. The first-order valence-electron chi connectivity index (χ1n) is 6.19. The van der Waals surface area contributed by atoms with Crippen molar-refractivity contribution in [2.24, 2.45) is 0 Å². The molecule has 0 spiro atoms. The van der Waals surface area contributed by atoms with Crippen molar-refractivity contribution in [1.82, 2.24) is 0 Å². The lowest BCUT2D eigenvalue weighted by atomic mass is 10.1. The van der Waals surface area contributed by atoms with Gasteiger partial charge in [0, 0.05) is 17.3 Å². The molecule has 20 heavy (non-hydrogen) atoms. The molecule has 0 radical (unpaired) electrons. The van der Waals surface area contributed by atoms with E-state index in [0.717, 1.165) is 0 Å². The summed E-state index contributed by atoms with van der Waals surface area (Å²) >= 11 is 6.00. The zero-order chi connectivity index (χ0) is 14.5. The highest BCUT2D eigenvalue weighted by Crippen LogP contribution is 2.23. The van der Waals surface area contributed by atoms with Gasteiger partial charge in [0.1, 0.15) is 5.75 Å². The van der Waals surface area contributed by atoms with Crippen molar-refractivity contribution in [3.8, 4) is 5.75 Å². The summed E-state index contributed by atoms with van der Waals surface area (Å²) in [6.45, 7) is 2.38. The molecule has 4 nitrogen and oxygen atoms in total. The van der Waals surface area contributed by atoms with Crippen LogP contribution in [0, 0.1) is 0 Å². The Hall–Kier alpha value is -2.20.